The number of amides is 2. The Morgan fingerprint density at radius 2 is 2.33 bits per heavy atom. The number of nitrogens with zero attached hydrogens (tertiary/aromatic N) is 1. The van der Waals surface area contributed by atoms with E-state index in [1.165, 1.54) is 11.3 Å². The maximum Gasteiger partial charge on any atom is 0.240 e. The lowest BCUT2D eigenvalue weighted by molar-refractivity contribution is -0.136. The van der Waals surface area contributed by atoms with Gasteiger partial charge in [0.1, 0.15) is 6.04 Å². The van der Waals surface area contributed by atoms with Gasteiger partial charge in [-0.1, -0.05) is 0 Å². The van der Waals surface area contributed by atoms with Gasteiger partial charge < -0.3 is 15.6 Å². The van der Waals surface area contributed by atoms with Crippen molar-refractivity contribution in [1.29, 1.82) is 0 Å². The molecule has 2 amide bonds. The lowest BCUT2D eigenvalue weighted by atomic mass is 10.2. The fraction of sp³-hybridized carbons (Fsp3) is 0.545. The molecule has 1 unspecified atom stereocenters. The predicted molar refractivity (Wildman–Crippen MR) is 71.9 cm³/mol. The van der Waals surface area contributed by atoms with Crippen LogP contribution < -0.4 is 5.73 Å². The van der Waals surface area contributed by atoms with E-state index in [0.29, 0.717) is 16.9 Å². The molecule has 98 valence electrons. The summed E-state index contributed by atoms with van der Waals surface area (Å²) in [4.78, 5) is 28.9. The quantitative estimate of drug-likeness (QED) is 0.817. The van der Waals surface area contributed by atoms with Crippen molar-refractivity contribution < 1.29 is 9.59 Å². The van der Waals surface area contributed by atoms with Gasteiger partial charge in [0.2, 0.25) is 11.8 Å². The summed E-state index contributed by atoms with van der Waals surface area (Å²) in [7, 11) is 0. The Morgan fingerprint density at radius 3 is 2.89 bits per heavy atom. The highest BCUT2D eigenvalue weighted by Gasteiger charge is 2.32. The molecule has 3 N–H and O–H groups in total. The van der Waals surface area contributed by atoms with Gasteiger partial charge in [-0.05, 0) is 32.0 Å². The van der Waals surface area contributed by atoms with E-state index in [0.717, 1.165) is 17.0 Å². The molecule has 0 radical (unpaired) electrons. The lowest BCUT2D eigenvalue weighted by Crippen LogP contribution is -2.44. The Kier molecular flexibility index (Phi) is 3.82. The molecule has 0 aliphatic carbocycles. The highest BCUT2D eigenvalue weighted by atomic mass is 32.1. The van der Waals surface area contributed by atoms with Crippen molar-refractivity contribution in [2.24, 2.45) is 5.73 Å². The zero-order valence-corrected chi connectivity index (χ0v) is 11.7. The maximum atomic E-state index is 12.2. The average molecular weight is 285 g/mol. The van der Waals surface area contributed by atoms with Gasteiger partial charge in [-0.25, -0.2) is 0 Å². The van der Waals surface area contributed by atoms with Crippen molar-refractivity contribution in [3.05, 3.63) is 14.5 Å². The number of rotatable bonds is 3. The Bertz CT molecular complexity index is 535. The van der Waals surface area contributed by atoms with Crippen LogP contribution in [0.25, 0.3) is 0 Å². The maximum absolute atomic E-state index is 12.2. The van der Waals surface area contributed by atoms with E-state index in [2.05, 4.69) is 4.98 Å². The number of thiazole rings is 1. The van der Waals surface area contributed by atoms with E-state index >= 15 is 0 Å². The van der Waals surface area contributed by atoms with Crippen molar-refractivity contribution >= 4 is 35.4 Å². The third kappa shape index (κ3) is 2.62. The third-order valence-corrected chi connectivity index (χ3v) is 4.47. The molecular formula is C11H15N3O2S2. The number of aryl methyl sites for hydroxylation is 1. The average Bonchev–Trinajstić information content (AvgIpc) is 2.86. The van der Waals surface area contributed by atoms with E-state index in [1.54, 1.807) is 4.90 Å². The fourth-order valence-corrected chi connectivity index (χ4v) is 3.49. The number of aromatic nitrogens is 1. The molecule has 0 saturated carbocycles. The Labute approximate surface area is 114 Å². The van der Waals surface area contributed by atoms with Crippen LogP contribution in [0.3, 0.4) is 0 Å². The van der Waals surface area contributed by atoms with Gasteiger partial charge in [0.05, 0.1) is 6.42 Å². The zero-order valence-electron chi connectivity index (χ0n) is 10.1. The Balaban J connectivity index is 2.10. The first kappa shape index (κ1) is 13.2. The second-order valence-electron chi connectivity index (χ2n) is 4.39. The molecule has 0 bridgehead atoms. The van der Waals surface area contributed by atoms with Crippen LogP contribution in [0.5, 0.6) is 0 Å². The monoisotopic (exact) mass is 285 g/mol. The van der Waals surface area contributed by atoms with Crippen LogP contribution in [0.1, 0.15) is 23.4 Å². The highest BCUT2D eigenvalue weighted by Crippen LogP contribution is 2.21. The molecule has 18 heavy (non-hydrogen) atoms. The molecule has 1 atom stereocenters. The number of nitrogens with one attached hydrogen (secondary N) is 1. The van der Waals surface area contributed by atoms with E-state index in [-0.39, 0.29) is 12.3 Å². The van der Waals surface area contributed by atoms with Crippen molar-refractivity contribution in [1.82, 2.24) is 9.88 Å². The van der Waals surface area contributed by atoms with Crippen LogP contribution in [-0.2, 0) is 16.0 Å². The summed E-state index contributed by atoms with van der Waals surface area (Å²) < 4.78 is 0.670. The number of likely N-dealkylation sites (tertiary alicyclic amines) is 1. The number of hydrogen-bond acceptors (Lipinski definition) is 4. The minimum Gasteiger partial charge on any atom is -0.368 e. The zero-order chi connectivity index (χ0) is 13.3. The number of nitrogens with two attached hydrogens (primary N) is 1. The SMILES string of the molecule is Cc1[nH]c(=S)sc1CC(=O)N1CCCC1C(N)=O. The van der Waals surface area contributed by atoms with Gasteiger partial charge in [0.25, 0.3) is 0 Å². The number of primary amides is 1. The topological polar surface area (TPSA) is 79.2 Å². The van der Waals surface area contributed by atoms with Crippen molar-refractivity contribution in [3.8, 4) is 0 Å². The van der Waals surface area contributed by atoms with Crippen LogP contribution in [0.2, 0.25) is 0 Å². The number of hydrogen-bond donors (Lipinski definition) is 2. The van der Waals surface area contributed by atoms with Crippen molar-refractivity contribution in [3.63, 3.8) is 0 Å². The summed E-state index contributed by atoms with van der Waals surface area (Å²) in [6, 6.07) is -0.440. The standard InChI is InChI=1S/C11H15N3O2S2/c1-6-8(18-11(17)13-6)5-9(15)14-4-2-3-7(14)10(12)16/h7H,2-5H2,1H3,(H2,12,16)(H,13,17). The van der Waals surface area contributed by atoms with Gasteiger partial charge in [-0.15, -0.1) is 11.3 Å². The number of aromatic amines is 1. The smallest absolute Gasteiger partial charge is 0.240 e. The van der Waals surface area contributed by atoms with Gasteiger partial charge in [-0.3, -0.25) is 9.59 Å². The molecule has 1 fully saturated rings. The number of H-pyrrole nitrogens is 1. The molecule has 1 aromatic heterocycles. The first-order valence-corrected chi connectivity index (χ1v) is 6.99. The normalized spacial score (nSPS) is 19.2. The summed E-state index contributed by atoms with van der Waals surface area (Å²) in [6.45, 7) is 2.51. The number of carbonyl (C=O) groups is 2. The van der Waals surface area contributed by atoms with E-state index in [9.17, 15) is 9.59 Å². The van der Waals surface area contributed by atoms with Crippen LogP contribution in [-0.4, -0.2) is 34.3 Å². The predicted octanol–water partition coefficient (Wildman–Crippen LogP) is 1.13. The van der Waals surface area contributed by atoms with Crippen LogP contribution in [0, 0.1) is 10.9 Å². The third-order valence-electron chi connectivity index (χ3n) is 3.14. The van der Waals surface area contributed by atoms with Gasteiger partial charge in [0, 0.05) is 17.1 Å². The summed E-state index contributed by atoms with van der Waals surface area (Å²) in [5.74, 6) is -0.469. The molecule has 2 heterocycles. The van der Waals surface area contributed by atoms with Gasteiger partial charge in [-0.2, -0.15) is 0 Å². The molecule has 0 aromatic carbocycles. The summed E-state index contributed by atoms with van der Waals surface area (Å²) in [5, 5.41) is 0. The molecule has 0 spiro atoms. The van der Waals surface area contributed by atoms with E-state index in [4.69, 9.17) is 18.0 Å². The van der Waals surface area contributed by atoms with Crippen molar-refractivity contribution in [2.75, 3.05) is 6.54 Å². The lowest BCUT2D eigenvalue weighted by Gasteiger charge is -2.21. The van der Waals surface area contributed by atoms with Crippen LogP contribution in [0.4, 0.5) is 0 Å². The molecule has 7 heteroatoms. The van der Waals surface area contributed by atoms with Crippen molar-refractivity contribution in [2.45, 2.75) is 32.2 Å². The highest BCUT2D eigenvalue weighted by molar-refractivity contribution is 7.73. The van der Waals surface area contributed by atoms with Crippen LogP contribution >= 0.6 is 23.6 Å². The van der Waals surface area contributed by atoms with Gasteiger partial charge in [0.15, 0.2) is 3.95 Å². The first-order valence-electron chi connectivity index (χ1n) is 5.76. The summed E-state index contributed by atoms with van der Waals surface area (Å²) >= 11 is 6.44. The summed E-state index contributed by atoms with van der Waals surface area (Å²) in [6.07, 6.45) is 1.79. The molecule has 1 aliphatic heterocycles. The molecule has 1 aromatic rings. The molecule has 1 aliphatic rings. The first-order chi connectivity index (χ1) is 8.49. The molecule has 1 saturated heterocycles. The fourth-order valence-electron chi connectivity index (χ4n) is 2.21. The number of carbonyl (C=O) groups excluding carboxylic acids is 2. The van der Waals surface area contributed by atoms with E-state index < -0.39 is 11.9 Å². The van der Waals surface area contributed by atoms with Gasteiger partial charge >= 0.3 is 0 Å². The minimum absolute atomic E-state index is 0.0512. The Hall–Kier alpha value is -1.21. The molecular weight excluding hydrogens is 270 g/mol. The molecule has 2 rings (SSSR count). The second-order valence-corrected chi connectivity index (χ2v) is 6.16. The molecule has 5 nitrogen and oxygen atoms in total. The second kappa shape index (κ2) is 5.19. The minimum atomic E-state index is -0.440. The van der Waals surface area contributed by atoms with E-state index in [1.807, 2.05) is 6.92 Å². The largest absolute Gasteiger partial charge is 0.368 e. The summed E-state index contributed by atoms with van der Waals surface area (Å²) in [5.41, 5.74) is 6.22. The Morgan fingerprint density at radius 1 is 1.61 bits per heavy atom. The van der Waals surface area contributed by atoms with Crippen LogP contribution in [0.15, 0.2) is 0 Å².